The Bertz CT molecular complexity index is 509. The molecule has 0 unspecified atom stereocenters. The number of aliphatic imine (C=N–C) groups is 1. The molecule has 1 saturated heterocycles. The van der Waals surface area contributed by atoms with Gasteiger partial charge in [0.05, 0.1) is 0 Å². The van der Waals surface area contributed by atoms with Gasteiger partial charge in [0.2, 0.25) is 0 Å². The first-order chi connectivity index (χ1) is 12.3. The van der Waals surface area contributed by atoms with Gasteiger partial charge in [-0.05, 0) is 51.7 Å². The monoisotopic (exact) mass is 477 g/mol. The fraction of sp³-hybridized carbons (Fsp3) is 0.833. The van der Waals surface area contributed by atoms with Crippen molar-refractivity contribution in [2.75, 3.05) is 39.3 Å². The summed E-state index contributed by atoms with van der Waals surface area (Å²) in [6, 6.07) is 0. The maximum absolute atomic E-state index is 4.75. The Labute approximate surface area is 175 Å². The average Bonchev–Trinajstić information content (AvgIpc) is 3.10. The van der Waals surface area contributed by atoms with Gasteiger partial charge in [-0.15, -0.1) is 34.2 Å². The average molecular weight is 477 g/mol. The molecule has 2 N–H and O–H groups in total. The number of nitrogens with one attached hydrogen (secondary N) is 2. The van der Waals surface area contributed by atoms with Crippen LogP contribution in [0, 0.1) is 5.92 Å². The van der Waals surface area contributed by atoms with Gasteiger partial charge in [0.25, 0.3) is 0 Å². The minimum atomic E-state index is 0. The lowest BCUT2D eigenvalue weighted by molar-refractivity contribution is 0.188. The number of piperidine rings is 1. The van der Waals surface area contributed by atoms with Gasteiger partial charge >= 0.3 is 0 Å². The summed E-state index contributed by atoms with van der Waals surface area (Å²) in [4.78, 5) is 7.29. The molecule has 1 fully saturated rings. The summed E-state index contributed by atoms with van der Waals surface area (Å²) < 4.78 is 2.10. The van der Waals surface area contributed by atoms with Crippen molar-refractivity contribution < 1.29 is 0 Å². The third-order valence-electron chi connectivity index (χ3n) is 4.96. The lowest BCUT2D eigenvalue weighted by atomic mass is 9.94. The molecule has 0 aromatic carbocycles. The standard InChI is InChI=1S/C18H35N7.HI/c1-4-17-23-22-15-25(17)14-11-21-18(19-5-2)20-10-7-16-8-12-24(6-3)13-9-16;/h15-16H,4-14H2,1-3H3,(H2,19,20,21);1H. The van der Waals surface area contributed by atoms with E-state index in [1.54, 1.807) is 6.33 Å². The van der Waals surface area contributed by atoms with Gasteiger partial charge in [-0.25, -0.2) is 0 Å². The van der Waals surface area contributed by atoms with Crippen LogP contribution in [-0.2, 0) is 13.0 Å². The third-order valence-corrected chi connectivity index (χ3v) is 4.96. The van der Waals surface area contributed by atoms with E-state index in [-0.39, 0.29) is 24.0 Å². The van der Waals surface area contributed by atoms with E-state index in [4.69, 9.17) is 4.99 Å². The molecular weight excluding hydrogens is 441 g/mol. The van der Waals surface area contributed by atoms with Crippen LogP contribution < -0.4 is 10.6 Å². The molecule has 7 nitrogen and oxygen atoms in total. The normalized spacial score (nSPS) is 16.3. The number of rotatable bonds is 9. The summed E-state index contributed by atoms with van der Waals surface area (Å²) in [6.07, 6.45) is 6.54. The van der Waals surface area contributed by atoms with Gasteiger partial charge in [0.15, 0.2) is 5.96 Å². The van der Waals surface area contributed by atoms with Crippen molar-refractivity contribution in [2.45, 2.75) is 53.0 Å². The Balaban J connectivity index is 0.00000338. The summed E-state index contributed by atoms with van der Waals surface area (Å²) in [5.74, 6) is 2.78. The molecule has 2 rings (SSSR count). The van der Waals surface area contributed by atoms with Crippen LogP contribution in [0.15, 0.2) is 11.3 Å². The van der Waals surface area contributed by atoms with E-state index in [9.17, 15) is 0 Å². The first-order valence-corrected chi connectivity index (χ1v) is 9.88. The van der Waals surface area contributed by atoms with Gasteiger partial charge < -0.3 is 20.1 Å². The second-order valence-corrected chi connectivity index (χ2v) is 6.65. The van der Waals surface area contributed by atoms with Gasteiger partial charge in [0, 0.05) is 32.6 Å². The number of aromatic nitrogens is 3. The zero-order valence-electron chi connectivity index (χ0n) is 16.6. The Morgan fingerprint density at radius 3 is 2.65 bits per heavy atom. The fourth-order valence-electron chi connectivity index (χ4n) is 3.33. The van der Waals surface area contributed by atoms with E-state index in [2.05, 4.69) is 51.1 Å². The van der Waals surface area contributed by atoms with Crippen LogP contribution in [0.1, 0.15) is 45.9 Å². The van der Waals surface area contributed by atoms with Gasteiger partial charge in [-0.3, -0.25) is 4.99 Å². The number of aryl methyl sites for hydroxylation is 1. The van der Waals surface area contributed by atoms with E-state index < -0.39 is 0 Å². The molecule has 1 aromatic rings. The summed E-state index contributed by atoms with van der Waals surface area (Å²) in [6.45, 7) is 13.6. The van der Waals surface area contributed by atoms with E-state index in [0.717, 1.165) is 50.3 Å². The molecular formula is C18H36IN7. The van der Waals surface area contributed by atoms with Crippen LogP contribution in [-0.4, -0.2) is 64.9 Å². The highest BCUT2D eigenvalue weighted by atomic mass is 127. The van der Waals surface area contributed by atoms with Crippen LogP contribution in [0.25, 0.3) is 0 Å². The van der Waals surface area contributed by atoms with Crippen molar-refractivity contribution in [3.8, 4) is 0 Å². The number of hydrogen-bond acceptors (Lipinski definition) is 4. The molecule has 8 heteroatoms. The Kier molecular flexibility index (Phi) is 11.8. The maximum atomic E-state index is 4.75. The topological polar surface area (TPSA) is 70.4 Å². The smallest absolute Gasteiger partial charge is 0.191 e. The number of halogens is 1. The molecule has 26 heavy (non-hydrogen) atoms. The second-order valence-electron chi connectivity index (χ2n) is 6.65. The highest BCUT2D eigenvalue weighted by Crippen LogP contribution is 2.19. The van der Waals surface area contributed by atoms with E-state index in [1.807, 2.05) is 0 Å². The molecule has 2 heterocycles. The highest BCUT2D eigenvalue weighted by molar-refractivity contribution is 14.0. The molecule has 0 saturated carbocycles. The summed E-state index contributed by atoms with van der Waals surface area (Å²) >= 11 is 0. The first-order valence-electron chi connectivity index (χ1n) is 9.88. The van der Waals surface area contributed by atoms with Crippen molar-refractivity contribution in [1.29, 1.82) is 0 Å². The zero-order valence-corrected chi connectivity index (χ0v) is 18.9. The Morgan fingerprint density at radius 1 is 1.23 bits per heavy atom. The lowest BCUT2D eigenvalue weighted by Crippen LogP contribution is -2.39. The van der Waals surface area contributed by atoms with Crippen LogP contribution in [0.2, 0.25) is 0 Å². The van der Waals surface area contributed by atoms with Crippen LogP contribution in [0.4, 0.5) is 0 Å². The highest BCUT2D eigenvalue weighted by Gasteiger charge is 2.17. The van der Waals surface area contributed by atoms with Crippen molar-refractivity contribution in [2.24, 2.45) is 10.9 Å². The Hall–Kier alpha value is -0.900. The SMILES string of the molecule is CCNC(=NCCC1CCN(CC)CC1)NCCn1cnnc1CC.I. The molecule has 1 aliphatic rings. The fourth-order valence-corrected chi connectivity index (χ4v) is 3.33. The lowest BCUT2D eigenvalue weighted by Gasteiger charge is -2.30. The molecule has 0 atom stereocenters. The molecule has 1 aromatic heterocycles. The first kappa shape index (κ1) is 23.1. The van der Waals surface area contributed by atoms with E-state index >= 15 is 0 Å². The molecule has 0 aliphatic carbocycles. The van der Waals surface area contributed by atoms with Crippen molar-refractivity contribution in [3.05, 3.63) is 12.2 Å². The number of nitrogens with zero attached hydrogens (tertiary/aromatic N) is 5. The van der Waals surface area contributed by atoms with Crippen molar-refractivity contribution >= 4 is 29.9 Å². The van der Waals surface area contributed by atoms with E-state index in [1.165, 1.54) is 38.9 Å². The quantitative estimate of drug-likeness (QED) is 0.324. The minimum Gasteiger partial charge on any atom is -0.357 e. The van der Waals surface area contributed by atoms with Crippen molar-refractivity contribution in [3.63, 3.8) is 0 Å². The van der Waals surface area contributed by atoms with E-state index in [0.29, 0.717) is 0 Å². The molecule has 0 bridgehead atoms. The van der Waals surface area contributed by atoms with Gasteiger partial charge in [0.1, 0.15) is 12.2 Å². The Morgan fingerprint density at radius 2 is 2.00 bits per heavy atom. The predicted octanol–water partition coefficient (Wildman–Crippen LogP) is 2.14. The summed E-state index contributed by atoms with van der Waals surface area (Å²) in [7, 11) is 0. The van der Waals surface area contributed by atoms with Crippen LogP contribution >= 0.6 is 24.0 Å². The second kappa shape index (κ2) is 13.3. The predicted molar refractivity (Wildman–Crippen MR) is 118 cm³/mol. The summed E-state index contributed by atoms with van der Waals surface area (Å²) in [5.41, 5.74) is 0. The van der Waals surface area contributed by atoms with Crippen LogP contribution in [0.3, 0.4) is 0 Å². The maximum Gasteiger partial charge on any atom is 0.191 e. The minimum absolute atomic E-state index is 0. The molecule has 0 radical (unpaired) electrons. The largest absolute Gasteiger partial charge is 0.357 e. The zero-order chi connectivity index (χ0) is 17.9. The molecule has 0 spiro atoms. The van der Waals surface area contributed by atoms with Crippen molar-refractivity contribution in [1.82, 2.24) is 30.3 Å². The van der Waals surface area contributed by atoms with Gasteiger partial charge in [-0.2, -0.15) is 0 Å². The molecule has 0 amide bonds. The number of guanidine groups is 1. The summed E-state index contributed by atoms with van der Waals surface area (Å²) in [5, 5.41) is 14.8. The number of hydrogen-bond donors (Lipinski definition) is 2. The van der Waals surface area contributed by atoms with Crippen LogP contribution in [0.5, 0.6) is 0 Å². The number of likely N-dealkylation sites (tertiary alicyclic amines) is 1. The molecule has 150 valence electrons. The van der Waals surface area contributed by atoms with Gasteiger partial charge in [-0.1, -0.05) is 13.8 Å². The molecule has 1 aliphatic heterocycles. The third kappa shape index (κ3) is 7.77.